The van der Waals surface area contributed by atoms with Crippen LogP contribution in [-0.4, -0.2) is 159 Å². The third kappa shape index (κ3) is 20.1. The van der Waals surface area contributed by atoms with E-state index in [0.29, 0.717) is 48.4 Å². The summed E-state index contributed by atoms with van der Waals surface area (Å²) >= 11 is 2.72. The molecule has 9 amide bonds. The van der Waals surface area contributed by atoms with E-state index in [1.54, 1.807) is 42.8 Å². The Kier molecular flexibility index (Phi) is 26.2. The highest BCUT2D eigenvalue weighted by molar-refractivity contribution is 7.98. The lowest BCUT2D eigenvalue weighted by molar-refractivity contribution is -0.142. The predicted molar refractivity (Wildman–Crippen MR) is 281 cm³/mol. The number of carbonyl (C=O) groups excluding carboxylic acids is 9. The van der Waals surface area contributed by atoms with Gasteiger partial charge in [0.25, 0.3) is 0 Å². The lowest BCUT2D eigenvalue weighted by Crippen LogP contribution is -2.60. The molecule has 0 spiro atoms. The molecule has 1 aliphatic rings. The van der Waals surface area contributed by atoms with Gasteiger partial charge >= 0.3 is 5.97 Å². The molecule has 22 nitrogen and oxygen atoms in total. The van der Waals surface area contributed by atoms with Gasteiger partial charge in [0.15, 0.2) is 0 Å². The Hall–Kier alpha value is -6.40. The lowest BCUT2D eigenvalue weighted by Gasteiger charge is -2.30. The van der Waals surface area contributed by atoms with E-state index in [1.165, 1.54) is 66.5 Å². The fourth-order valence-corrected chi connectivity index (χ4v) is 8.79. The molecule has 2 aromatic rings. The van der Waals surface area contributed by atoms with Crippen molar-refractivity contribution in [2.24, 2.45) is 17.4 Å². The third-order valence-electron chi connectivity index (χ3n) is 12.6. The normalized spacial score (nSPS) is 16.8. The lowest BCUT2D eigenvalue weighted by atomic mass is 9.98. The molecule has 0 unspecified atom stereocenters. The van der Waals surface area contributed by atoms with Crippen molar-refractivity contribution in [3.63, 3.8) is 0 Å². The smallest absolute Gasteiger partial charge is 0.326 e. The number of nitrogens with one attached hydrogen (secondary N) is 7. The number of amides is 9. The number of phenols is 1. The Balaban J connectivity index is 1.75. The number of primary amides is 1. The second-order valence-electron chi connectivity index (χ2n) is 18.3. The van der Waals surface area contributed by atoms with Crippen LogP contribution in [0.2, 0.25) is 0 Å². The number of likely N-dealkylation sites (tertiary alicyclic amines) is 1. The molecule has 0 aromatic heterocycles. The van der Waals surface area contributed by atoms with Crippen LogP contribution in [0.5, 0.6) is 5.75 Å². The van der Waals surface area contributed by atoms with Crippen LogP contribution in [0.4, 0.5) is 0 Å². The summed E-state index contributed by atoms with van der Waals surface area (Å²) in [6.45, 7) is 6.83. The van der Waals surface area contributed by atoms with E-state index in [2.05, 4.69) is 37.2 Å². The van der Waals surface area contributed by atoms with Gasteiger partial charge in [0.2, 0.25) is 53.2 Å². The summed E-state index contributed by atoms with van der Waals surface area (Å²) in [6.07, 6.45) is 4.50. The molecule has 1 fully saturated rings. The first kappa shape index (κ1) is 61.9. The molecule has 10 atom stereocenters. The van der Waals surface area contributed by atoms with Crippen LogP contribution in [0.3, 0.4) is 0 Å². The number of carbonyl (C=O) groups is 10. The van der Waals surface area contributed by atoms with E-state index < -0.39 is 108 Å². The number of thioether (sulfide) groups is 2. The Morgan fingerprint density at radius 1 is 0.635 bits per heavy atom. The summed E-state index contributed by atoms with van der Waals surface area (Å²) in [6, 6.07) is 3.85. The van der Waals surface area contributed by atoms with Crippen molar-refractivity contribution in [3.05, 3.63) is 65.7 Å². The van der Waals surface area contributed by atoms with Crippen LogP contribution in [0, 0.1) is 5.92 Å². The predicted octanol–water partition coefficient (Wildman–Crippen LogP) is -0.169. The summed E-state index contributed by atoms with van der Waals surface area (Å²) in [5.74, 6) is -7.31. The van der Waals surface area contributed by atoms with Crippen molar-refractivity contribution in [2.75, 3.05) is 30.6 Å². The fraction of sp³-hybridized carbons (Fsp3) is 0.560. The zero-order chi connectivity index (χ0) is 55.1. The van der Waals surface area contributed by atoms with Crippen molar-refractivity contribution in [3.8, 4) is 5.75 Å². The van der Waals surface area contributed by atoms with E-state index in [-0.39, 0.29) is 56.1 Å². The topological polar surface area (TPSA) is 351 Å². The molecule has 3 rings (SSSR count). The summed E-state index contributed by atoms with van der Waals surface area (Å²) in [7, 11) is 0. The van der Waals surface area contributed by atoms with Crippen molar-refractivity contribution >= 4 is 82.7 Å². The largest absolute Gasteiger partial charge is 0.508 e. The number of benzene rings is 2. The molecule has 74 heavy (non-hydrogen) atoms. The van der Waals surface area contributed by atoms with Crippen molar-refractivity contribution in [1.82, 2.24) is 42.1 Å². The number of nitrogens with zero attached hydrogens (tertiary/aromatic N) is 1. The first-order valence-corrected chi connectivity index (χ1v) is 27.4. The van der Waals surface area contributed by atoms with Crippen LogP contribution < -0.4 is 48.7 Å². The zero-order valence-corrected chi connectivity index (χ0v) is 44.5. The first-order chi connectivity index (χ1) is 35.1. The monoisotopic (exact) mass is 1070 g/mol. The molecule has 13 N–H and O–H groups in total. The maximum atomic E-state index is 14.0. The van der Waals surface area contributed by atoms with Gasteiger partial charge in [0.05, 0.1) is 6.04 Å². The van der Waals surface area contributed by atoms with Gasteiger partial charge in [0.1, 0.15) is 54.1 Å². The Bertz CT molecular complexity index is 2240. The number of hydrogen-bond donors (Lipinski definition) is 11. The standard InChI is InChI=1S/C50H74N10O12S2/c1-7-28(2)41(52)49(70)60-23-11-14-39(60)48(69)58-37(26-31-12-9-8-10-13-31)47(68)54-29(3)42(63)55-36(22-25-74-6)46(67)56-34(19-20-40(51)62)45(66)57-35(21-24-73-5)44(65)53-30(4)43(64)59-38(50(71)72)27-32-15-17-33(61)18-16-32/h8-10,12-13,15-18,28-30,34-39,41,61H,7,11,14,19-27,52H2,1-6H3,(H2,51,62)(H,53,65)(H,54,68)(H,55,63)(H,56,67)(H,57,66)(H,58,69)(H,59,64)(H,71,72)/t28-,29-,30-,34-,35-,36-,37-,38-,39-,41-/m0/s1. The first-order valence-electron chi connectivity index (χ1n) is 24.6. The molecule has 0 aliphatic carbocycles. The van der Waals surface area contributed by atoms with E-state index in [4.69, 9.17) is 11.5 Å². The molecule has 0 saturated carbocycles. The molecule has 0 bridgehead atoms. The van der Waals surface area contributed by atoms with Gasteiger partial charge < -0.3 is 63.8 Å². The van der Waals surface area contributed by atoms with Crippen molar-refractivity contribution < 1.29 is 58.2 Å². The second-order valence-corrected chi connectivity index (χ2v) is 20.3. The van der Waals surface area contributed by atoms with Gasteiger partial charge in [-0.1, -0.05) is 62.7 Å². The number of rotatable bonds is 31. The van der Waals surface area contributed by atoms with Crippen LogP contribution in [-0.2, 0) is 60.8 Å². The van der Waals surface area contributed by atoms with Crippen LogP contribution in [0.1, 0.15) is 83.8 Å². The maximum absolute atomic E-state index is 14.0. The van der Waals surface area contributed by atoms with E-state index in [0.717, 1.165) is 0 Å². The third-order valence-corrected chi connectivity index (χ3v) is 13.9. The highest BCUT2D eigenvalue weighted by Crippen LogP contribution is 2.21. The molecular formula is C50H74N10O12S2. The summed E-state index contributed by atoms with van der Waals surface area (Å²) < 4.78 is 0. The van der Waals surface area contributed by atoms with Crippen LogP contribution in [0.15, 0.2) is 54.6 Å². The Morgan fingerprint density at radius 2 is 1.09 bits per heavy atom. The maximum Gasteiger partial charge on any atom is 0.326 e. The van der Waals surface area contributed by atoms with Crippen molar-refractivity contribution in [1.29, 1.82) is 0 Å². The van der Waals surface area contributed by atoms with Gasteiger partial charge in [0, 0.05) is 25.8 Å². The fourth-order valence-electron chi connectivity index (χ4n) is 7.85. The summed E-state index contributed by atoms with van der Waals surface area (Å²) in [4.78, 5) is 135. The van der Waals surface area contributed by atoms with Crippen LogP contribution >= 0.6 is 23.5 Å². The average molecular weight is 1070 g/mol. The summed E-state index contributed by atoms with van der Waals surface area (Å²) in [5.41, 5.74) is 12.9. The minimum absolute atomic E-state index is 0.0266. The van der Waals surface area contributed by atoms with Gasteiger partial charge in [-0.25, -0.2) is 4.79 Å². The molecule has 2 aromatic carbocycles. The number of hydrogen-bond acceptors (Lipinski definition) is 14. The number of carboxylic acid groups (broad SMARTS) is 1. The van der Waals surface area contributed by atoms with Gasteiger partial charge in [-0.2, -0.15) is 23.5 Å². The van der Waals surface area contributed by atoms with Crippen LogP contribution in [0.25, 0.3) is 0 Å². The highest BCUT2D eigenvalue weighted by atomic mass is 32.2. The molecule has 1 aliphatic heterocycles. The zero-order valence-electron chi connectivity index (χ0n) is 42.9. The van der Waals surface area contributed by atoms with Gasteiger partial charge in [-0.05, 0) is 99.1 Å². The average Bonchev–Trinajstić information content (AvgIpc) is 3.87. The number of carboxylic acids is 1. The Morgan fingerprint density at radius 3 is 1.59 bits per heavy atom. The minimum atomic E-state index is -1.46. The molecule has 1 heterocycles. The van der Waals surface area contributed by atoms with Gasteiger partial charge in [-0.15, -0.1) is 0 Å². The number of nitrogens with two attached hydrogens (primary N) is 2. The number of phenolic OH excluding ortho intramolecular Hbond substituents is 1. The highest BCUT2D eigenvalue weighted by Gasteiger charge is 2.39. The molecule has 408 valence electrons. The molecule has 1 saturated heterocycles. The SMILES string of the molecule is CC[C@H](C)[C@H](N)C(=O)N1CCC[C@H]1C(=O)N[C@@H](Cc1ccccc1)C(=O)N[C@@H](C)C(=O)N[C@@H](CCSC)C(=O)N[C@@H](CCC(N)=O)C(=O)N[C@@H](CCSC)C(=O)N[C@@H](C)C(=O)N[C@@H](Cc1ccc(O)cc1)C(=O)O. The molecule has 0 radical (unpaired) electrons. The van der Waals surface area contributed by atoms with E-state index >= 15 is 0 Å². The second kappa shape index (κ2) is 31.4. The number of aromatic hydroxyl groups is 1. The molecular weight excluding hydrogens is 997 g/mol. The van der Waals surface area contributed by atoms with Crippen molar-refractivity contribution in [2.45, 2.75) is 140 Å². The van der Waals surface area contributed by atoms with E-state index in [9.17, 15) is 58.2 Å². The van der Waals surface area contributed by atoms with Gasteiger partial charge in [-0.3, -0.25) is 43.2 Å². The minimum Gasteiger partial charge on any atom is -0.508 e. The van der Waals surface area contributed by atoms with E-state index in [1.807, 2.05) is 13.8 Å². The number of aliphatic carboxylic acids is 1. The molecule has 24 heteroatoms. The Labute approximate surface area is 440 Å². The summed E-state index contributed by atoms with van der Waals surface area (Å²) in [5, 5.41) is 37.5. The quantitative estimate of drug-likeness (QED) is 0.0467.